The molecule has 1 aromatic heterocycles. The van der Waals surface area contributed by atoms with Crippen LogP contribution in [0.5, 0.6) is 0 Å². The highest BCUT2D eigenvalue weighted by atomic mass is 16.3. The van der Waals surface area contributed by atoms with Gasteiger partial charge in [0.15, 0.2) is 5.58 Å². The van der Waals surface area contributed by atoms with Gasteiger partial charge in [0.25, 0.3) is 0 Å². The summed E-state index contributed by atoms with van der Waals surface area (Å²) in [6.07, 6.45) is 2.96. The summed E-state index contributed by atoms with van der Waals surface area (Å²) >= 11 is 0. The number of isocyanates is 2. The van der Waals surface area contributed by atoms with E-state index in [0.717, 1.165) is 5.56 Å². The van der Waals surface area contributed by atoms with Gasteiger partial charge in [-0.3, -0.25) is 0 Å². The molecule has 0 atom stereocenters. The summed E-state index contributed by atoms with van der Waals surface area (Å²) < 4.78 is 5.63. The number of carbonyl (C=O) groups excluding carboxylic acids is 2. The molecule has 100 valence electrons. The van der Waals surface area contributed by atoms with Gasteiger partial charge >= 0.3 is 0 Å². The maximum Gasteiger partial charge on any atom is 0.240 e. The van der Waals surface area contributed by atoms with E-state index in [1.54, 1.807) is 42.5 Å². The number of aromatic nitrogens is 1. The van der Waals surface area contributed by atoms with Crippen LogP contribution in [0, 0.1) is 0 Å². The van der Waals surface area contributed by atoms with Crippen LogP contribution in [0.25, 0.3) is 22.6 Å². The van der Waals surface area contributed by atoms with Crippen LogP contribution >= 0.6 is 0 Å². The molecule has 0 aliphatic heterocycles. The lowest BCUT2D eigenvalue weighted by molar-refractivity contribution is 0.564. The molecule has 6 nitrogen and oxygen atoms in total. The van der Waals surface area contributed by atoms with Gasteiger partial charge in [0.1, 0.15) is 5.52 Å². The smallest absolute Gasteiger partial charge is 0.240 e. The molecule has 0 aliphatic carbocycles. The van der Waals surface area contributed by atoms with E-state index in [0.29, 0.717) is 28.4 Å². The Morgan fingerprint density at radius 2 is 1.57 bits per heavy atom. The monoisotopic (exact) mass is 277 g/mol. The number of nitrogens with zero attached hydrogens (tertiary/aromatic N) is 3. The minimum atomic E-state index is 0.430. The summed E-state index contributed by atoms with van der Waals surface area (Å²) in [6.45, 7) is 0. The fraction of sp³-hybridized carbons (Fsp3) is 0. The zero-order valence-electron chi connectivity index (χ0n) is 10.6. The van der Waals surface area contributed by atoms with Gasteiger partial charge in [-0.1, -0.05) is 0 Å². The molecule has 0 saturated heterocycles. The predicted molar refractivity (Wildman–Crippen MR) is 75.0 cm³/mol. The van der Waals surface area contributed by atoms with E-state index in [-0.39, 0.29) is 0 Å². The molecule has 21 heavy (non-hydrogen) atoms. The van der Waals surface area contributed by atoms with E-state index in [9.17, 15) is 9.59 Å². The highest BCUT2D eigenvalue weighted by Gasteiger charge is 2.08. The van der Waals surface area contributed by atoms with Gasteiger partial charge in [0.05, 0.1) is 11.4 Å². The zero-order chi connectivity index (χ0) is 14.7. The van der Waals surface area contributed by atoms with Crippen LogP contribution in [-0.2, 0) is 9.59 Å². The van der Waals surface area contributed by atoms with Crippen molar-refractivity contribution in [3.05, 3.63) is 42.5 Å². The van der Waals surface area contributed by atoms with Gasteiger partial charge in [-0.25, -0.2) is 14.6 Å². The predicted octanol–water partition coefficient (Wildman–Crippen LogP) is 3.43. The van der Waals surface area contributed by atoms with E-state index in [1.807, 2.05) is 0 Å². The Morgan fingerprint density at radius 1 is 0.905 bits per heavy atom. The topological polar surface area (TPSA) is 84.9 Å². The van der Waals surface area contributed by atoms with Crippen molar-refractivity contribution in [2.45, 2.75) is 0 Å². The second kappa shape index (κ2) is 5.35. The second-order valence-electron chi connectivity index (χ2n) is 4.12. The summed E-state index contributed by atoms with van der Waals surface area (Å²) in [5, 5.41) is 0. The second-order valence-corrected chi connectivity index (χ2v) is 4.12. The Hall–Kier alpha value is -3.33. The van der Waals surface area contributed by atoms with Gasteiger partial charge in [0.2, 0.25) is 18.1 Å². The molecule has 1 heterocycles. The van der Waals surface area contributed by atoms with Gasteiger partial charge in [-0.2, -0.15) is 9.98 Å². The van der Waals surface area contributed by atoms with Gasteiger partial charge in [0, 0.05) is 5.56 Å². The molecule has 0 amide bonds. The highest BCUT2D eigenvalue weighted by Crippen LogP contribution is 2.28. The third kappa shape index (κ3) is 2.53. The Kier molecular flexibility index (Phi) is 3.23. The molecule has 0 radical (unpaired) electrons. The Bertz CT molecular complexity index is 900. The van der Waals surface area contributed by atoms with Crippen LogP contribution < -0.4 is 0 Å². The first-order valence-corrected chi connectivity index (χ1v) is 5.97. The molecule has 0 aliphatic rings. The molecule has 2 aromatic carbocycles. The summed E-state index contributed by atoms with van der Waals surface area (Å²) in [5.41, 5.74) is 2.90. The van der Waals surface area contributed by atoms with Crippen molar-refractivity contribution in [2.24, 2.45) is 9.98 Å². The minimum absolute atomic E-state index is 0.430. The first-order valence-electron chi connectivity index (χ1n) is 5.97. The Labute approximate surface area is 118 Å². The van der Waals surface area contributed by atoms with Crippen molar-refractivity contribution in [1.82, 2.24) is 4.98 Å². The SMILES string of the molecule is O=C=Nc1ccc(-c2nc3cc(N=C=O)ccc3o2)cc1. The summed E-state index contributed by atoms with van der Waals surface area (Å²) in [4.78, 5) is 31.8. The number of hydrogen-bond donors (Lipinski definition) is 0. The lowest BCUT2D eigenvalue weighted by Crippen LogP contribution is -1.75. The number of rotatable bonds is 3. The molecule has 0 unspecified atom stereocenters. The summed E-state index contributed by atoms with van der Waals surface area (Å²) in [7, 11) is 0. The van der Waals surface area contributed by atoms with Crippen LogP contribution in [0.3, 0.4) is 0 Å². The quantitative estimate of drug-likeness (QED) is 0.542. The molecule has 0 saturated carbocycles. The van der Waals surface area contributed by atoms with Crippen LogP contribution in [-0.4, -0.2) is 17.1 Å². The molecule has 0 spiro atoms. The summed E-state index contributed by atoms with van der Waals surface area (Å²) in [6, 6.07) is 11.8. The van der Waals surface area contributed by atoms with E-state index in [4.69, 9.17) is 4.42 Å². The molecule has 0 N–H and O–H groups in total. The first-order chi connectivity index (χ1) is 10.3. The third-order valence-electron chi connectivity index (χ3n) is 2.83. The Morgan fingerprint density at radius 3 is 2.29 bits per heavy atom. The third-order valence-corrected chi connectivity index (χ3v) is 2.83. The maximum atomic E-state index is 10.3. The molecular weight excluding hydrogens is 270 g/mol. The van der Waals surface area contributed by atoms with Crippen LogP contribution in [0.15, 0.2) is 56.9 Å². The standard InChI is InChI=1S/C15H7N3O3/c19-8-16-11-3-1-10(2-4-11)15-18-13-7-12(17-9-20)5-6-14(13)21-15/h1-7H. The van der Waals surface area contributed by atoms with Crippen LogP contribution in [0.1, 0.15) is 0 Å². The first kappa shape index (κ1) is 12.7. The lowest BCUT2D eigenvalue weighted by Gasteiger charge is -1.94. The van der Waals surface area contributed by atoms with Gasteiger partial charge in [-0.05, 0) is 42.5 Å². The number of hydrogen-bond acceptors (Lipinski definition) is 6. The van der Waals surface area contributed by atoms with Crippen molar-refractivity contribution >= 4 is 34.6 Å². The van der Waals surface area contributed by atoms with Crippen LogP contribution in [0.4, 0.5) is 11.4 Å². The maximum absolute atomic E-state index is 10.3. The molecular formula is C15H7N3O3. The molecule has 6 heteroatoms. The van der Waals surface area contributed by atoms with Gasteiger partial charge in [-0.15, -0.1) is 0 Å². The van der Waals surface area contributed by atoms with E-state index < -0.39 is 0 Å². The fourth-order valence-corrected chi connectivity index (χ4v) is 1.89. The molecule has 3 aromatic rings. The minimum Gasteiger partial charge on any atom is -0.436 e. The van der Waals surface area contributed by atoms with E-state index in [1.165, 1.54) is 12.2 Å². The van der Waals surface area contributed by atoms with Crippen molar-refractivity contribution < 1.29 is 14.0 Å². The van der Waals surface area contributed by atoms with E-state index >= 15 is 0 Å². The normalized spacial score (nSPS) is 9.90. The largest absolute Gasteiger partial charge is 0.436 e. The zero-order valence-corrected chi connectivity index (χ0v) is 10.6. The van der Waals surface area contributed by atoms with Crippen molar-refractivity contribution in [3.8, 4) is 11.5 Å². The molecule has 0 bridgehead atoms. The Balaban J connectivity index is 2.03. The van der Waals surface area contributed by atoms with Gasteiger partial charge < -0.3 is 4.42 Å². The number of fused-ring (bicyclic) bond motifs is 1. The van der Waals surface area contributed by atoms with E-state index in [2.05, 4.69) is 15.0 Å². The molecule has 3 rings (SSSR count). The van der Waals surface area contributed by atoms with Crippen molar-refractivity contribution in [1.29, 1.82) is 0 Å². The number of oxazole rings is 1. The average molecular weight is 277 g/mol. The van der Waals surface area contributed by atoms with Crippen LogP contribution in [0.2, 0.25) is 0 Å². The number of benzene rings is 2. The van der Waals surface area contributed by atoms with Crippen molar-refractivity contribution in [2.75, 3.05) is 0 Å². The highest BCUT2D eigenvalue weighted by molar-refractivity contribution is 5.80. The van der Waals surface area contributed by atoms with Crippen molar-refractivity contribution in [3.63, 3.8) is 0 Å². The summed E-state index contributed by atoms with van der Waals surface area (Å²) in [5.74, 6) is 0.430. The number of aliphatic imine (C=N–C) groups is 2. The fourth-order valence-electron chi connectivity index (χ4n) is 1.89. The molecule has 0 fully saturated rings. The lowest BCUT2D eigenvalue weighted by atomic mass is 10.2. The average Bonchev–Trinajstić information content (AvgIpc) is 2.92.